The van der Waals surface area contributed by atoms with Gasteiger partial charge in [0.25, 0.3) is 0 Å². The number of nitrogens with zero attached hydrogens (tertiary/aromatic N) is 1. The van der Waals surface area contributed by atoms with Crippen LogP contribution in [0, 0.1) is 0 Å². The first-order chi connectivity index (χ1) is 12.0. The SMILES string of the molecule is CN(CCCNC(=O)NC1(C(=O)O)CCCCC1)Cc1ccccc1. The lowest BCUT2D eigenvalue weighted by atomic mass is 9.82. The lowest BCUT2D eigenvalue weighted by molar-refractivity contribution is -0.145. The molecule has 0 atom stereocenters. The van der Waals surface area contributed by atoms with Crippen LogP contribution in [0.15, 0.2) is 30.3 Å². The first kappa shape index (κ1) is 19.2. The van der Waals surface area contributed by atoms with Gasteiger partial charge in [-0.15, -0.1) is 0 Å². The maximum absolute atomic E-state index is 12.1. The molecule has 1 aromatic carbocycles. The molecule has 6 heteroatoms. The van der Waals surface area contributed by atoms with Gasteiger partial charge in [-0.1, -0.05) is 49.6 Å². The lowest BCUT2D eigenvalue weighted by Gasteiger charge is -2.33. The Morgan fingerprint density at radius 2 is 1.84 bits per heavy atom. The largest absolute Gasteiger partial charge is 0.480 e. The Hall–Kier alpha value is -2.08. The predicted molar refractivity (Wildman–Crippen MR) is 97.4 cm³/mol. The first-order valence-corrected chi connectivity index (χ1v) is 9.04. The standard InChI is InChI=1S/C19H29N3O3/c1-22(15-16-9-4-2-5-10-16)14-8-13-20-18(25)21-19(17(23)24)11-6-3-7-12-19/h2,4-5,9-10H,3,6-8,11-15H2,1H3,(H,23,24)(H2,20,21,25). The van der Waals surface area contributed by atoms with Crippen molar-refractivity contribution in [2.75, 3.05) is 20.1 Å². The van der Waals surface area contributed by atoms with E-state index in [-0.39, 0.29) is 6.03 Å². The van der Waals surface area contributed by atoms with Gasteiger partial charge in [-0.3, -0.25) is 0 Å². The molecule has 138 valence electrons. The normalized spacial score (nSPS) is 16.4. The first-order valence-electron chi connectivity index (χ1n) is 9.04. The summed E-state index contributed by atoms with van der Waals surface area (Å²) < 4.78 is 0. The molecule has 1 saturated carbocycles. The highest BCUT2D eigenvalue weighted by molar-refractivity contribution is 5.86. The fourth-order valence-electron chi connectivity index (χ4n) is 3.33. The van der Waals surface area contributed by atoms with Gasteiger partial charge in [0, 0.05) is 13.1 Å². The Bertz CT molecular complexity index is 556. The number of urea groups is 1. The number of carboxylic acid groups (broad SMARTS) is 1. The Balaban J connectivity index is 1.67. The zero-order valence-corrected chi connectivity index (χ0v) is 15.0. The monoisotopic (exact) mass is 347 g/mol. The minimum Gasteiger partial charge on any atom is -0.480 e. The van der Waals surface area contributed by atoms with E-state index in [0.29, 0.717) is 19.4 Å². The van der Waals surface area contributed by atoms with Crippen LogP contribution in [0.4, 0.5) is 4.79 Å². The summed E-state index contributed by atoms with van der Waals surface area (Å²) in [6, 6.07) is 9.87. The summed E-state index contributed by atoms with van der Waals surface area (Å²) in [6.45, 7) is 2.26. The molecule has 0 aromatic heterocycles. The van der Waals surface area contributed by atoms with E-state index in [1.807, 2.05) is 18.2 Å². The van der Waals surface area contributed by atoms with Crippen LogP contribution in [0.3, 0.4) is 0 Å². The number of hydrogen-bond acceptors (Lipinski definition) is 3. The minimum atomic E-state index is -1.09. The molecular weight excluding hydrogens is 318 g/mol. The maximum Gasteiger partial charge on any atom is 0.329 e. The molecule has 6 nitrogen and oxygen atoms in total. The molecule has 0 aliphatic heterocycles. The molecule has 1 aliphatic carbocycles. The van der Waals surface area contributed by atoms with E-state index in [1.54, 1.807) is 0 Å². The van der Waals surface area contributed by atoms with Crippen molar-refractivity contribution in [2.45, 2.75) is 50.6 Å². The predicted octanol–water partition coefficient (Wildman–Crippen LogP) is 2.60. The second kappa shape index (κ2) is 9.42. The maximum atomic E-state index is 12.1. The average Bonchev–Trinajstić information content (AvgIpc) is 2.60. The van der Waals surface area contributed by atoms with Crippen LogP contribution in [0.5, 0.6) is 0 Å². The summed E-state index contributed by atoms with van der Waals surface area (Å²) in [5, 5.41) is 15.0. The lowest BCUT2D eigenvalue weighted by Crippen LogP contribution is -2.58. The molecule has 0 spiro atoms. The second-order valence-corrected chi connectivity index (χ2v) is 6.91. The molecular formula is C19H29N3O3. The quantitative estimate of drug-likeness (QED) is 0.631. The van der Waals surface area contributed by atoms with Crippen molar-refractivity contribution in [1.82, 2.24) is 15.5 Å². The number of carbonyl (C=O) groups is 2. The van der Waals surface area contributed by atoms with Crippen molar-refractivity contribution in [1.29, 1.82) is 0 Å². The van der Waals surface area contributed by atoms with Crippen LogP contribution in [0.2, 0.25) is 0 Å². The number of nitrogens with one attached hydrogen (secondary N) is 2. The number of rotatable bonds is 8. The third-order valence-corrected chi connectivity index (χ3v) is 4.77. The van der Waals surface area contributed by atoms with Crippen LogP contribution in [0.1, 0.15) is 44.1 Å². The van der Waals surface area contributed by atoms with E-state index in [0.717, 1.165) is 38.8 Å². The van der Waals surface area contributed by atoms with Crippen molar-refractivity contribution < 1.29 is 14.7 Å². The molecule has 0 radical (unpaired) electrons. The van der Waals surface area contributed by atoms with Gasteiger partial charge >= 0.3 is 12.0 Å². The molecule has 1 fully saturated rings. The van der Waals surface area contributed by atoms with E-state index in [9.17, 15) is 14.7 Å². The van der Waals surface area contributed by atoms with Crippen LogP contribution in [0.25, 0.3) is 0 Å². The number of benzene rings is 1. The molecule has 0 bridgehead atoms. The second-order valence-electron chi connectivity index (χ2n) is 6.91. The topological polar surface area (TPSA) is 81.7 Å². The summed E-state index contributed by atoms with van der Waals surface area (Å²) in [7, 11) is 2.05. The molecule has 0 unspecified atom stereocenters. The highest BCUT2D eigenvalue weighted by Gasteiger charge is 2.40. The molecule has 25 heavy (non-hydrogen) atoms. The van der Waals surface area contributed by atoms with Crippen LogP contribution >= 0.6 is 0 Å². The molecule has 3 N–H and O–H groups in total. The number of carboxylic acids is 1. The average molecular weight is 347 g/mol. The third-order valence-electron chi connectivity index (χ3n) is 4.77. The van der Waals surface area contributed by atoms with Gasteiger partial charge in [0.2, 0.25) is 0 Å². The summed E-state index contributed by atoms with van der Waals surface area (Å²) in [4.78, 5) is 25.8. The van der Waals surface area contributed by atoms with Gasteiger partial charge < -0.3 is 20.6 Å². The van der Waals surface area contributed by atoms with E-state index < -0.39 is 11.5 Å². The van der Waals surface area contributed by atoms with E-state index in [2.05, 4.69) is 34.7 Å². The molecule has 1 aromatic rings. The molecule has 2 rings (SSSR count). The van der Waals surface area contributed by atoms with Crippen LogP contribution in [-0.2, 0) is 11.3 Å². The third kappa shape index (κ3) is 6.05. The van der Waals surface area contributed by atoms with Gasteiger partial charge in [0.1, 0.15) is 5.54 Å². The minimum absolute atomic E-state index is 0.380. The van der Waals surface area contributed by atoms with Crippen molar-refractivity contribution in [3.8, 4) is 0 Å². The fourth-order valence-corrected chi connectivity index (χ4v) is 3.33. The fraction of sp³-hybridized carbons (Fsp3) is 0.579. The smallest absolute Gasteiger partial charge is 0.329 e. The van der Waals surface area contributed by atoms with Gasteiger partial charge in [-0.25, -0.2) is 9.59 Å². The van der Waals surface area contributed by atoms with Crippen LogP contribution in [-0.4, -0.2) is 47.7 Å². The van der Waals surface area contributed by atoms with Gasteiger partial charge in [-0.2, -0.15) is 0 Å². The molecule has 0 heterocycles. The van der Waals surface area contributed by atoms with Gasteiger partial charge in [-0.05, 0) is 38.4 Å². The highest BCUT2D eigenvalue weighted by atomic mass is 16.4. The number of amides is 2. The summed E-state index contributed by atoms with van der Waals surface area (Å²) in [5.41, 5.74) is 0.170. The van der Waals surface area contributed by atoms with Crippen molar-refractivity contribution >= 4 is 12.0 Å². The zero-order chi connectivity index (χ0) is 18.1. The highest BCUT2D eigenvalue weighted by Crippen LogP contribution is 2.28. The van der Waals surface area contributed by atoms with E-state index >= 15 is 0 Å². The van der Waals surface area contributed by atoms with Gasteiger partial charge in [0.05, 0.1) is 0 Å². The van der Waals surface area contributed by atoms with E-state index in [1.165, 1.54) is 5.56 Å². The number of hydrogen-bond donors (Lipinski definition) is 3. The Morgan fingerprint density at radius 1 is 1.16 bits per heavy atom. The Morgan fingerprint density at radius 3 is 2.48 bits per heavy atom. The van der Waals surface area contributed by atoms with Crippen molar-refractivity contribution in [2.24, 2.45) is 0 Å². The molecule has 0 saturated heterocycles. The summed E-state index contributed by atoms with van der Waals surface area (Å²) >= 11 is 0. The molecule has 2 amide bonds. The van der Waals surface area contributed by atoms with Crippen LogP contribution < -0.4 is 10.6 Å². The van der Waals surface area contributed by atoms with Crippen molar-refractivity contribution in [3.63, 3.8) is 0 Å². The number of carbonyl (C=O) groups excluding carboxylic acids is 1. The molecule has 1 aliphatic rings. The van der Waals surface area contributed by atoms with Crippen molar-refractivity contribution in [3.05, 3.63) is 35.9 Å². The zero-order valence-electron chi connectivity index (χ0n) is 15.0. The number of aliphatic carboxylic acids is 1. The van der Waals surface area contributed by atoms with E-state index in [4.69, 9.17) is 0 Å². The Labute approximate surface area is 149 Å². The van der Waals surface area contributed by atoms with Gasteiger partial charge in [0.15, 0.2) is 0 Å². The summed E-state index contributed by atoms with van der Waals surface area (Å²) in [5.74, 6) is -0.926. The summed E-state index contributed by atoms with van der Waals surface area (Å²) in [6.07, 6.45) is 4.56. The Kier molecular flexibility index (Phi) is 7.25.